The van der Waals surface area contributed by atoms with Crippen molar-refractivity contribution in [3.05, 3.63) is 95.1 Å². The summed E-state index contributed by atoms with van der Waals surface area (Å²) in [4.78, 5) is 41.2. The number of carboxylic acids is 1. The van der Waals surface area contributed by atoms with Crippen molar-refractivity contribution < 1.29 is 38.1 Å². The number of rotatable bonds is 18. The van der Waals surface area contributed by atoms with Gasteiger partial charge in [0.2, 0.25) is 5.91 Å². The third-order valence-corrected chi connectivity index (χ3v) is 7.75. The summed E-state index contributed by atoms with van der Waals surface area (Å²) in [5.41, 5.74) is -0.564. The van der Waals surface area contributed by atoms with Gasteiger partial charge in [-0.05, 0) is 48.9 Å². The lowest BCUT2D eigenvalue weighted by atomic mass is 9.72. The quantitative estimate of drug-likeness (QED) is 0.175. The molecule has 1 aliphatic carbocycles. The van der Waals surface area contributed by atoms with Gasteiger partial charge in [-0.2, -0.15) is 0 Å². The van der Waals surface area contributed by atoms with Crippen LogP contribution < -0.4 is 10.6 Å². The zero-order valence-electron chi connectivity index (χ0n) is 26.7. The van der Waals surface area contributed by atoms with Gasteiger partial charge >= 0.3 is 5.97 Å². The fraction of sp³-hybridized carbons (Fsp3) is 0.457. The molecule has 4 N–H and O–H groups in total. The van der Waals surface area contributed by atoms with E-state index in [9.17, 15) is 33.4 Å². The Kier molecular flexibility index (Phi) is 14.0. The summed E-state index contributed by atoms with van der Waals surface area (Å²) in [6, 6.07) is 12.3. The van der Waals surface area contributed by atoms with Gasteiger partial charge in [0.1, 0.15) is 17.7 Å². The standard InChI is InChI=1S/C35H45F2N3O6/c1-4-11-29(33(43)44)46-30(23-38-22-24-12-8-7-9-13-24)32(42)39-31(41)25-14-10-15-35(21-25,26-18-27(36)20-28(37)19-26)34(45)40(16-5-2)17-6-3/h7-10,12-14,18-21,29-30,32,38,42H,4-6,11,15-17,22-23H2,1-3H3,(H,39,41)(H,43,44). The maximum Gasteiger partial charge on any atom is 0.332 e. The molecule has 0 radical (unpaired) electrons. The summed E-state index contributed by atoms with van der Waals surface area (Å²) < 4.78 is 34.7. The number of aliphatic hydroxyl groups excluding tert-OH is 1. The van der Waals surface area contributed by atoms with Crippen LogP contribution in [0, 0.1) is 11.6 Å². The lowest BCUT2D eigenvalue weighted by Crippen LogP contribution is -2.51. The lowest BCUT2D eigenvalue weighted by Gasteiger charge is -2.37. The SMILES string of the molecule is CCCC(OC(CNCc1ccccc1)C(O)NC(=O)C1=CC(C(=O)N(CCC)CCC)(c2cc(F)cc(F)c2)CC=C1)C(=O)O. The van der Waals surface area contributed by atoms with Crippen molar-refractivity contribution in [2.75, 3.05) is 19.6 Å². The Morgan fingerprint density at radius 2 is 1.65 bits per heavy atom. The van der Waals surface area contributed by atoms with E-state index in [1.165, 1.54) is 12.2 Å². The van der Waals surface area contributed by atoms with Gasteiger partial charge in [-0.3, -0.25) is 9.59 Å². The van der Waals surface area contributed by atoms with Crippen LogP contribution in [0.3, 0.4) is 0 Å². The molecule has 46 heavy (non-hydrogen) atoms. The summed E-state index contributed by atoms with van der Waals surface area (Å²) in [6.45, 7) is 6.90. The van der Waals surface area contributed by atoms with E-state index in [0.717, 1.165) is 23.8 Å². The molecule has 4 unspecified atom stereocenters. The minimum Gasteiger partial charge on any atom is -0.479 e. The first-order chi connectivity index (χ1) is 22.0. The summed E-state index contributed by atoms with van der Waals surface area (Å²) in [7, 11) is 0. The molecule has 0 aromatic heterocycles. The molecule has 2 aromatic carbocycles. The van der Waals surface area contributed by atoms with Gasteiger partial charge in [-0.15, -0.1) is 0 Å². The maximum absolute atomic E-state index is 14.5. The largest absolute Gasteiger partial charge is 0.479 e. The minimum atomic E-state index is -1.64. The average molecular weight is 642 g/mol. The zero-order valence-corrected chi connectivity index (χ0v) is 26.7. The number of nitrogens with zero attached hydrogens (tertiary/aromatic N) is 1. The molecule has 9 nitrogen and oxygen atoms in total. The van der Waals surface area contributed by atoms with Crippen molar-refractivity contribution in [1.29, 1.82) is 0 Å². The molecule has 250 valence electrons. The van der Waals surface area contributed by atoms with Crippen LogP contribution in [0.25, 0.3) is 0 Å². The summed E-state index contributed by atoms with van der Waals surface area (Å²) >= 11 is 0. The highest BCUT2D eigenvalue weighted by atomic mass is 19.1. The van der Waals surface area contributed by atoms with Crippen LogP contribution in [0.5, 0.6) is 0 Å². The van der Waals surface area contributed by atoms with Crippen molar-refractivity contribution in [3.63, 3.8) is 0 Å². The first-order valence-electron chi connectivity index (χ1n) is 15.8. The van der Waals surface area contributed by atoms with Crippen molar-refractivity contribution in [2.24, 2.45) is 0 Å². The summed E-state index contributed by atoms with van der Waals surface area (Å²) in [6.07, 6.45) is 2.55. The minimum absolute atomic E-state index is 0.00407. The van der Waals surface area contributed by atoms with Crippen molar-refractivity contribution >= 4 is 17.8 Å². The van der Waals surface area contributed by atoms with Gasteiger partial charge < -0.3 is 30.5 Å². The molecule has 0 heterocycles. The zero-order chi connectivity index (χ0) is 33.7. The van der Waals surface area contributed by atoms with Crippen LogP contribution in [0.1, 0.15) is 64.0 Å². The van der Waals surface area contributed by atoms with E-state index < -0.39 is 53.3 Å². The third kappa shape index (κ3) is 9.78. The molecule has 0 saturated heterocycles. The Morgan fingerprint density at radius 3 is 2.24 bits per heavy atom. The number of hydrogen-bond donors (Lipinski definition) is 4. The molecule has 2 amide bonds. The number of carbonyl (C=O) groups excluding carboxylic acids is 2. The summed E-state index contributed by atoms with van der Waals surface area (Å²) in [5.74, 6) is -4.07. The van der Waals surface area contributed by atoms with Crippen molar-refractivity contribution in [1.82, 2.24) is 15.5 Å². The van der Waals surface area contributed by atoms with Gasteiger partial charge in [-0.25, -0.2) is 13.6 Å². The van der Waals surface area contributed by atoms with Crippen LogP contribution in [0.2, 0.25) is 0 Å². The molecule has 0 saturated carbocycles. The molecule has 0 fully saturated rings. The van der Waals surface area contributed by atoms with E-state index in [1.54, 1.807) is 11.0 Å². The number of ether oxygens (including phenoxy) is 1. The van der Waals surface area contributed by atoms with Crippen LogP contribution in [-0.4, -0.2) is 71.0 Å². The summed E-state index contributed by atoms with van der Waals surface area (Å²) in [5, 5.41) is 26.4. The third-order valence-electron chi connectivity index (χ3n) is 7.75. The number of amides is 2. The second-order valence-electron chi connectivity index (χ2n) is 11.5. The number of carbonyl (C=O) groups is 3. The molecular formula is C35H45F2N3O6. The molecular weight excluding hydrogens is 596 g/mol. The van der Waals surface area contributed by atoms with Gasteiger partial charge in [0.25, 0.3) is 5.91 Å². The van der Waals surface area contributed by atoms with Gasteiger partial charge in [0.15, 0.2) is 12.3 Å². The molecule has 0 aliphatic heterocycles. The van der Waals surface area contributed by atoms with E-state index in [1.807, 2.05) is 51.1 Å². The van der Waals surface area contributed by atoms with Gasteiger partial charge in [0, 0.05) is 37.8 Å². The Morgan fingerprint density at radius 1 is 1.00 bits per heavy atom. The number of benzene rings is 2. The van der Waals surface area contributed by atoms with E-state index in [4.69, 9.17) is 4.74 Å². The smallest absolute Gasteiger partial charge is 0.332 e. The van der Waals surface area contributed by atoms with Gasteiger partial charge in [0.05, 0.1) is 5.41 Å². The number of allylic oxidation sites excluding steroid dienone is 1. The number of carboxylic acid groups (broad SMARTS) is 1. The fourth-order valence-electron chi connectivity index (χ4n) is 5.53. The van der Waals surface area contributed by atoms with E-state index in [-0.39, 0.29) is 30.5 Å². The molecule has 0 bridgehead atoms. The molecule has 3 rings (SSSR count). The second-order valence-corrected chi connectivity index (χ2v) is 11.5. The number of halogens is 2. The first kappa shape index (κ1) is 36.5. The molecule has 1 aliphatic rings. The highest BCUT2D eigenvalue weighted by Gasteiger charge is 2.43. The van der Waals surface area contributed by atoms with E-state index in [0.29, 0.717) is 38.9 Å². The van der Waals surface area contributed by atoms with Crippen molar-refractivity contribution in [2.45, 2.75) is 83.3 Å². The van der Waals surface area contributed by atoms with Crippen LogP contribution in [0.4, 0.5) is 8.78 Å². The monoisotopic (exact) mass is 641 g/mol. The second kappa shape index (κ2) is 17.7. The predicted molar refractivity (Wildman–Crippen MR) is 171 cm³/mol. The highest BCUT2D eigenvalue weighted by molar-refractivity contribution is 6.00. The molecule has 4 atom stereocenters. The van der Waals surface area contributed by atoms with Gasteiger partial charge in [-0.1, -0.05) is 75.8 Å². The van der Waals surface area contributed by atoms with Crippen LogP contribution in [0.15, 0.2) is 72.3 Å². The Bertz CT molecular complexity index is 1360. The number of aliphatic carboxylic acids is 1. The van der Waals surface area contributed by atoms with E-state index >= 15 is 0 Å². The topological polar surface area (TPSA) is 128 Å². The normalized spacial score (nSPS) is 17.9. The van der Waals surface area contributed by atoms with Crippen LogP contribution in [-0.2, 0) is 31.1 Å². The molecule has 11 heteroatoms. The number of hydrogen-bond acceptors (Lipinski definition) is 6. The Hall–Kier alpha value is -3.93. The maximum atomic E-state index is 14.5. The molecule has 0 spiro atoms. The first-order valence-corrected chi connectivity index (χ1v) is 15.8. The highest BCUT2D eigenvalue weighted by Crippen LogP contribution is 2.38. The fourth-order valence-corrected chi connectivity index (χ4v) is 5.53. The number of aliphatic hydroxyl groups is 1. The Labute approximate surface area is 269 Å². The molecule has 2 aromatic rings. The average Bonchev–Trinajstić information content (AvgIpc) is 3.03. The van der Waals surface area contributed by atoms with Crippen LogP contribution >= 0.6 is 0 Å². The lowest BCUT2D eigenvalue weighted by molar-refractivity contribution is -0.161. The van der Waals surface area contributed by atoms with Crippen molar-refractivity contribution in [3.8, 4) is 0 Å². The predicted octanol–water partition coefficient (Wildman–Crippen LogP) is 4.60. The Balaban J connectivity index is 1.92. The van der Waals surface area contributed by atoms with E-state index in [2.05, 4.69) is 10.6 Å². The number of nitrogens with one attached hydrogen (secondary N) is 2.